The Morgan fingerprint density at radius 1 is 1.26 bits per heavy atom. The zero-order chi connectivity index (χ0) is 19.0. The molecule has 3 N–H and O–H groups in total. The minimum Gasteiger partial charge on any atom is -0.366 e. The maximum atomic E-state index is 11.7. The van der Waals surface area contributed by atoms with Crippen LogP contribution in [-0.2, 0) is 18.3 Å². The molecule has 2 bridgehead atoms. The fourth-order valence-corrected chi connectivity index (χ4v) is 5.03. The third-order valence-electron chi connectivity index (χ3n) is 6.68. The number of hydrogen-bond acceptors (Lipinski definition) is 3. The lowest BCUT2D eigenvalue weighted by atomic mass is 9.61. The van der Waals surface area contributed by atoms with Gasteiger partial charge in [0.25, 0.3) is 0 Å². The van der Waals surface area contributed by atoms with Gasteiger partial charge in [-0.05, 0) is 68.2 Å². The monoisotopic (exact) mass is 363 g/mol. The van der Waals surface area contributed by atoms with Crippen molar-refractivity contribution < 1.29 is 4.79 Å². The zero-order valence-corrected chi connectivity index (χ0v) is 16.2. The summed E-state index contributed by atoms with van der Waals surface area (Å²) in [6, 6.07) is 17.5. The molecule has 0 unspecified atom stereocenters. The van der Waals surface area contributed by atoms with Crippen LogP contribution < -0.4 is 11.1 Å². The molecule has 27 heavy (non-hydrogen) atoms. The number of piperidine rings is 1. The highest BCUT2D eigenvalue weighted by Gasteiger charge is 2.49. The molecular weight excluding hydrogens is 334 g/mol. The van der Waals surface area contributed by atoms with Crippen molar-refractivity contribution in [1.29, 1.82) is 0 Å². The molecule has 4 nitrogen and oxygen atoms in total. The van der Waals surface area contributed by atoms with E-state index < -0.39 is 0 Å². The van der Waals surface area contributed by atoms with Crippen LogP contribution in [0.3, 0.4) is 0 Å². The number of carbonyl (C=O) groups is 1. The second-order valence-corrected chi connectivity index (χ2v) is 8.32. The van der Waals surface area contributed by atoms with Crippen LogP contribution in [0.4, 0.5) is 0 Å². The molecule has 1 heterocycles. The van der Waals surface area contributed by atoms with Gasteiger partial charge in [-0.1, -0.05) is 43.3 Å². The molecule has 4 heteroatoms. The molecule has 1 fully saturated rings. The summed E-state index contributed by atoms with van der Waals surface area (Å²) in [7, 11) is 2.24. The van der Waals surface area contributed by atoms with Gasteiger partial charge in [0.1, 0.15) is 0 Å². The lowest BCUT2D eigenvalue weighted by Crippen LogP contribution is -2.66. The average Bonchev–Trinajstić information content (AvgIpc) is 2.67. The topological polar surface area (TPSA) is 58.4 Å². The summed E-state index contributed by atoms with van der Waals surface area (Å²) in [5.74, 6) is -0.343. The summed E-state index contributed by atoms with van der Waals surface area (Å²) >= 11 is 0. The van der Waals surface area contributed by atoms with Crippen LogP contribution in [0.1, 0.15) is 40.4 Å². The largest absolute Gasteiger partial charge is 0.366 e. The second kappa shape index (κ2) is 7.10. The van der Waals surface area contributed by atoms with Crippen molar-refractivity contribution in [3.63, 3.8) is 0 Å². The van der Waals surface area contributed by atoms with E-state index in [0.717, 1.165) is 32.4 Å². The number of likely N-dealkylation sites (N-methyl/N-ethyl adjacent to an activating group) is 1. The lowest BCUT2D eigenvalue weighted by molar-refractivity contribution is 0.0663. The fourth-order valence-electron chi connectivity index (χ4n) is 5.03. The normalized spacial score (nSPS) is 27.2. The van der Waals surface area contributed by atoms with E-state index in [4.69, 9.17) is 5.73 Å². The number of carbonyl (C=O) groups excluding carboxylic acids is 1. The Bertz CT molecular complexity index is 835. The Kier molecular flexibility index (Phi) is 4.79. The summed E-state index contributed by atoms with van der Waals surface area (Å²) in [4.78, 5) is 14.2. The first-order valence-electron chi connectivity index (χ1n) is 9.90. The quantitative estimate of drug-likeness (QED) is 0.858. The van der Waals surface area contributed by atoms with Gasteiger partial charge in [-0.15, -0.1) is 0 Å². The summed E-state index contributed by atoms with van der Waals surface area (Å²) in [6.45, 7) is 4.40. The van der Waals surface area contributed by atoms with Gasteiger partial charge in [0, 0.05) is 23.1 Å². The van der Waals surface area contributed by atoms with Crippen LogP contribution >= 0.6 is 0 Å². The molecular formula is C23H29N3O. The molecule has 3 atom stereocenters. The molecule has 0 aromatic heterocycles. The first-order valence-corrected chi connectivity index (χ1v) is 9.90. The van der Waals surface area contributed by atoms with E-state index in [0.29, 0.717) is 17.6 Å². The van der Waals surface area contributed by atoms with E-state index in [1.807, 2.05) is 12.1 Å². The highest BCUT2D eigenvalue weighted by Crippen LogP contribution is 2.44. The molecule has 2 aromatic carbocycles. The van der Waals surface area contributed by atoms with Crippen LogP contribution in [-0.4, -0.2) is 43.0 Å². The van der Waals surface area contributed by atoms with Gasteiger partial charge >= 0.3 is 0 Å². The molecule has 0 radical (unpaired) electrons. The smallest absolute Gasteiger partial charge is 0.248 e. The Hall–Kier alpha value is -2.17. The Labute approximate surface area is 161 Å². The Morgan fingerprint density at radius 2 is 2.04 bits per heavy atom. The van der Waals surface area contributed by atoms with Crippen molar-refractivity contribution in [2.24, 2.45) is 5.73 Å². The third kappa shape index (κ3) is 3.28. The van der Waals surface area contributed by atoms with Crippen molar-refractivity contribution in [2.75, 3.05) is 20.1 Å². The number of likely N-dealkylation sites (tertiary alicyclic amines) is 1. The zero-order valence-electron chi connectivity index (χ0n) is 16.2. The predicted molar refractivity (Wildman–Crippen MR) is 109 cm³/mol. The van der Waals surface area contributed by atoms with Crippen LogP contribution in [0.5, 0.6) is 0 Å². The Balaban J connectivity index is 1.61. The summed E-state index contributed by atoms with van der Waals surface area (Å²) in [5.41, 5.74) is 10.2. The second-order valence-electron chi connectivity index (χ2n) is 8.32. The Morgan fingerprint density at radius 3 is 2.78 bits per heavy atom. The van der Waals surface area contributed by atoms with Crippen LogP contribution in [0.15, 0.2) is 48.5 Å². The average molecular weight is 364 g/mol. The van der Waals surface area contributed by atoms with Crippen molar-refractivity contribution in [2.45, 2.75) is 43.7 Å². The number of fused-ring (bicyclic) bond motifs is 4. The van der Waals surface area contributed by atoms with Crippen molar-refractivity contribution in [1.82, 2.24) is 10.2 Å². The van der Waals surface area contributed by atoms with Crippen molar-refractivity contribution in [3.05, 3.63) is 70.8 Å². The summed E-state index contributed by atoms with van der Waals surface area (Å²) in [5, 5.41) is 3.87. The molecule has 0 spiro atoms. The van der Waals surface area contributed by atoms with Gasteiger partial charge in [-0.25, -0.2) is 0 Å². The first kappa shape index (κ1) is 18.2. The summed E-state index contributed by atoms with van der Waals surface area (Å²) in [6.07, 6.45) is 3.12. The van der Waals surface area contributed by atoms with E-state index in [-0.39, 0.29) is 11.3 Å². The molecule has 1 aliphatic carbocycles. The lowest BCUT2D eigenvalue weighted by Gasteiger charge is -2.55. The number of nitrogens with one attached hydrogen (secondary N) is 1. The fraction of sp³-hybridized carbons (Fsp3) is 0.435. The molecule has 1 aliphatic heterocycles. The molecule has 4 rings (SSSR count). The van der Waals surface area contributed by atoms with Crippen molar-refractivity contribution >= 4 is 5.91 Å². The number of nitrogens with zero attached hydrogens (tertiary/aromatic N) is 1. The number of hydrogen-bond donors (Lipinski definition) is 2. The maximum Gasteiger partial charge on any atom is 0.248 e. The number of nitrogens with two attached hydrogens (primary N) is 1. The minimum absolute atomic E-state index is 0.0207. The molecule has 0 saturated carbocycles. The molecule has 1 amide bonds. The maximum absolute atomic E-state index is 11.7. The highest BCUT2D eigenvalue weighted by atomic mass is 16.1. The first-order chi connectivity index (χ1) is 13.0. The van der Waals surface area contributed by atoms with Crippen LogP contribution in [0, 0.1) is 0 Å². The SMILES string of the molecule is CN1CC[C@@]2(C)c3cc(C(N)=O)ccc3C[C@@H]1[C@@H]2NCCc1ccccc1. The number of benzene rings is 2. The minimum atomic E-state index is -0.343. The van der Waals surface area contributed by atoms with Gasteiger partial charge in [0.15, 0.2) is 0 Å². The van der Waals surface area contributed by atoms with Gasteiger partial charge < -0.3 is 16.0 Å². The van der Waals surface area contributed by atoms with E-state index >= 15 is 0 Å². The van der Waals surface area contributed by atoms with Gasteiger partial charge in [-0.2, -0.15) is 0 Å². The molecule has 2 aliphatic rings. The van der Waals surface area contributed by atoms with Gasteiger partial charge in [-0.3, -0.25) is 4.79 Å². The van der Waals surface area contributed by atoms with E-state index in [1.165, 1.54) is 16.7 Å². The van der Waals surface area contributed by atoms with Gasteiger partial charge in [0.05, 0.1) is 0 Å². The number of primary amides is 1. The van der Waals surface area contributed by atoms with Crippen LogP contribution in [0.25, 0.3) is 0 Å². The summed E-state index contributed by atoms with van der Waals surface area (Å²) < 4.78 is 0. The number of rotatable bonds is 5. The number of amides is 1. The predicted octanol–water partition coefficient (Wildman–Crippen LogP) is 2.50. The standard InChI is InChI=1S/C23H29N3O/c1-23-11-13-26(2)20(15-17-8-9-18(22(24)27)14-19(17)23)21(23)25-12-10-16-6-4-3-5-7-16/h3-9,14,20-21,25H,10-13,15H2,1-2H3,(H2,24,27)/t20-,21+,23+/m1/s1. The van der Waals surface area contributed by atoms with Gasteiger partial charge in [0.2, 0.25) is 5.91 Å². The molecule has 2 aromatic rings. The van der Waals surface area contributed by atoms with E-state index in [1.54, 1.807) is 0 Å². The highest BCUT2D eigenvalue weighted by molar-refractivity contribution is 5.93. The third-order valence-corrected chi connectivity index (χ3v) is 6.68. The van der Waals surface area contributed by atoms with E-state index in [9.17, 15) is 4.79 Å². The molecule has 142 valence electrons. The van der Waals surface area contributed by atoms with Crippen LogP contribution in [0.2, 0.25) is 0 Å². The van der Waals surface area contributed by atoms with E-state index in [2.05, 4.69) is 60.6 Å². The van der Waals surface area contributed by atoms with Crippen molar-refractivity contribution in [3.8, 4) is 0 Å². The molecule has 1 saturated heterocycles.